The number of amides is 1. The molecule has 1 N–H and O–H groups in total. The summed E-state index contributed by atoms with van der Waals surface area (Å²) in [5, 5.41) is 4.02. The normalized spacial score (nSPS) is 11.6. The fraction of sp³-hybridized carbons (Fsp3) is 0.120. The zero-order chi connectivity index (χ0) is 21.2. The first-order valence-electron chi connectivity index (χ1n) is 9.65. The van der Waals surface area contributed by atoms with Gasteiger partial charge in [0.25, 0.3) is 5.91 Å². The molecule has 0 fully saturated rings. The van der Waals surface area contributed by atoms with E-state index in [1.807, 2.05) is 78.9 Å². The van der Waals surface area contributed by atoms with Crippen LogP contribution in [-0.2, 0) is 4.79 Å². The topological polar surface area (TPSA) is 59.9 Å². The number of para-hydroxylation sites is 1. The summed E-state index contributed by atoms with van der Waals surface area (Å²) in [6.07, 6.45) is 2.51. The van der Waals surface area contributed by atoms with Crippen molar-refractivity contribution in [1.29, 1.82) is 0 Å². The SMILES string of the molecule is C=CCOc1ccccc1/C=N\NC(=O)[C@H](C)Oc1ccc(-c2ccccc2)cc1. The molecule has 5 nitrogen and oxygen atoms in total. The fourth-order valence-electron chi connectivity index (χ4n) is 2.74. The lowest BCUT2D eigenvalue weighted by atomic mass is 10.1. The molecule has 0 aromatic heterocycles. The van der Waals surface area contributed by atoms with E-state index in [0.717, 1.165) is 16.7 Å². The monoisotopic (exact) mass is 400 g/mol. The molecule has 3 rings (SSSR count). The summed E-state index contributed by atoms with van der Waals surface area (Å²) >= 11 is 0. The van der Waals surface area contributed by atoms with Crippen molar-refractivity contribution in [3.8, 4) is 22.6 Å². The average molecular weight is 400 g/mol. The number of hydrazone groups is 1. The number of ether oxygens (including phenoxy) is 2. The first-order chi connectivity index (χ1) is 14.7. The van der Waals surface area contributed by atoms with Gasteiger partial charge in [-0.1, -0.05) is 67.3 Å². The molecule has 0 radical (unpaired) electrons. The van der Waals surface area contributed by atoms with Crippen LogP contribution in [0.4, 0.5) is 0 Å². The molecule has 0 spiro atoms. The molecular formula is C25H24N2O3. The van der Waals surface area contributed by atoms with Crippen molar-refractivity contribution in [3.63, 3.8) is 0 Å². The Morgan fingerprint density at radius 2 is 1.67 bits per heavy atom. The molecule has 0 aliphatic rings. The first-order valence-corrected chi connectivity index (χ1v) is 9.65. The molecule has 0 heterocycles. The van der Waals surface area contributed by atoms with Crippen molar-refractivity contribution in [2.24, 2.45) is 5.10 Å². The van der Waals surface area contributed by atoms with Gasteiger partial charge >= 0.3 is 0 Å². The van der Waals surface area contributed by atoms with Crippen LogP contribution in [0.15, 0.2) is 96.6 Å². The van der Waals surface area contributed by atoms with E-state index in [1.54, 1.807) is 13.0 Å². The van der Waals surface area contributed by atoms with E-state index in [9.17, 15) is 4.79 Å². The summed E-state index contributed by atoms with van der Waals surface area (Å²) < 4.78 is 11.3. The van der Waals surface area contributed by atoms with Crippen LogP contribution < -0.4 is 14.9 Å². The average Bonchev–Trinajstić information content (AvgIpc) is 2.79. The van der Waals surface area contributed by atoms with Gasteiger partial charge in [0.1, 0.15) is 18.1 Å². The van der Waals surface area contributed by atoms with Crippen LogP contribution in [0.3, 0.4) is 0 Å². The van der Waals surface area contributed by atoms with Crippen LogP contribution in [0.25, 0.3) is 11.1 Å². The Morgan fingerprint density at radius 3 is 2.40 bits per heavy atom. The summed E-state index contributed by atoms with van der Waals surface area (Å²) in [5.41, 5.74) is 5.47. The van der Waals surface area contributed by atoms with Crippen molar-refractivity contribution >= 4 is 12.1 Å². The molecule has 1 amide bonds. The van der Waals surface area contributed by atoms with Gasteiger partial charge < -0.3 is 9.47 Å². The molecule has 30 heavy (non-hydrogen) atoms. The molecule has 0 saturated carbocycles. The van der Waals surface area contributed by atoms with Gasteiger partial charge in [0.15, 0.2) is 6.10 Å². The van der Waals surface area contributed by atoms with Crippen molar-refractivity contribution in [3.05, 3.63) is 97.1 Å². The van der Waals surface area contributed by atoms with E-state index in [1.165, 1.54) is 6.21 Å². The molecule has 1 atom stereocenters. The Morgan fingerprint density at radius 1 is 1.00 bits per heavy atom. The van der Waals surface area contributed by atoms with Crippen LogP contribution in [-0.4, -0.2) is 24.8 Å². The predicted molar refractivity (Wildman–Crippen MR) is 120 cm³/mol. The number of benzene rings is 3. The number of carbonyl (C=O) groups is 1. The molecular weight excluding hydrogens is 376 g/mol. The lowest BCUT2D eigenvalue weighted by molar-refractivity contribution is -0.127. The van der Waals surface area contributed by atoms with Crippen LogP contribution in [0.1, 0.15) is 12.5 Å². The van der Waals surface area contributed by atoms with E-state index in [0.29, 0.717) is 18.1 Å². The van der Waals surface area contributed by atoms with E-state index < -0.39 is 6.10 Å². The van der Waals surface area contributed by atoms with Gasteiger partial charge in [-0.3, -0.25) is 4.79 Å². The summed E-state index contributed by atoms with van der Waals surface area (Å²) in [6, 6.07) is 25.1. The zero-order valence-electron chi connectivity index (χ0n) is 16.8. The van der Waals surface area contributed by atoms with Crippen LogP contribution in [0.2, 0.25) is 0 Å². The van der Waals surface area contributed by atoms with Crippen LogP contribution in [0, 0.1) is 0 Å². The summed E-state index contributed by atoms with van der Waals surface area (Å²) in [6.45, 7) is 5.71. The minimum absolute atomic E-state index is 0.345. The number of rotatable bonds is 9. The molecule has 0 bridgehead atoms. The molecule has 0 aliphatic carbocycles. The smallest absolute Gasteiger partial charge is 0.280 e. The summed E-state index contributed by atoms with van der Waals surface area (Å²) in [5.74, 6) is 0.936. The lowest BCUT2D eigenvalue weighted by Gasteiger charge is -2.13. The minimum Gasteiger partial charge on any atom is -0.489 e. The van der Waals surface area contributed by atoms with Crippen molar-refractivity contribution < 1.29 is 14.3 Å². The van der Waals surface area contributed by atoms with Gasteiger partial charge in [-0.15, -0.1) is 0 Å². The van der Waals surface area contributed by atoms with E-state index in [2.05, 4.69) is 17.1 Å². The molecule has 0 saturated heterocycles. The lowest BCUT2D eigenvalue weighted by Crippen LogP contribution is -2.33. The number of nitrogens with zero attached hydrogens (tertiary/aromatic N) is 1. The Labute approximate surface area is 176 Å². The Bertz CT molecular complexity index is 998. The maximum absolute atomic E-state index is 12.3. The van der Waals surface area contributed by atoms with Crippen LogP contribution in [0.5, 0.6) is 11.5 Å². The highest BCUT2D eigenvalue weighted by Gasteiger charge is 2.14. The quantitative estimate of drug-likeness (QED) is 0.318. The molecule has 3 aromatic rings. The fourth-order valence-corrected chi connectivity index (χ4v) is 2.74. The number of carbonyl (C=O) groups excluding carboxylic acids is 1. The van der Waals surface area contributed by atoms with E-state index in [-0.39, 0.29) is 5.91 Å². The highest BCUT2D eigenvalue weighted by Crippen LogP contribution is 2.22. The van der Waals surface area contributed by atoms with Gasteiger partial charge in [-0.25, -0.2) is 5.43 Å². The number of nitrogens with one attached hydrogen (secondary N) is 1. The molecule has 3 aromatic carbocycles. The van der Waals surface area contributed by atoms with Gasteiger partial charge in [0.05, 0.1) is 6.21 Å². The van der Waals surface area contributed by atoms with Crippen molar-refractivity contribution in [2.75, 3.05) is 6.61 Å². The molecule has 152 valence electrons. The third-order valence-electron chi connectivity index (χ3n) is 4.30. The van der Waals surface area contributed by atoms with E-state index in [4.69, 9.17) is 9.47 Å². The molecule has 5 heteroatoms. The molecule has 0 unspecified atom stereocenters. The highest BCUT2D eigenvalue weighted by molar-refractivity contribution is 5.86. The Kier molecular flexibility index (Phi) is 7.39. The first kappa shape index (κ1) is 20.9. The third-order valence-corrected chi connectivity index (χ3v) is 4.30. The van der Waals surface area contributed by atoms with Crippen molar-refractivity contribution in [1.82, 2.24) is 5.43 Å². The van der Waals surface area contributed by atoms with Gasteiger partial charge in [0, 0.05) is 5.56 Å². The largest absolute Gasteiger partial charge is 0.489 e. The maximum Gasteiger partial charge on any atom is 0.280 e. The van der Waals surface area contributed by atoms with Crippen molar-refractivity contribution in [2.45, 2.75) is 13.0 Å². The second-order valence-corrected chi connectivity index (χ2v) is 6.52. The second-order valence-electron chi connectivity index (χ2n) is 6.52. The summed E-state index contributed by atoms with van der Waals surface area (Å²) in [7, 11) is 0. The van der Waals surface area contributed by atoms with E-state index >= 15 is 0 Å². The Hall–Kier alpha value is -3.86. The number of hydrogen-bond acceptors (Lipinski definition) is 4. The van der Waals surface area contributed by atoms with Gasteiger partial charge in [-0.05, 0) is 42.3 Å². The number of hydrogen-bond donors (Lipinski definition) is 1. The summed E-state index contributed by atoms with van der Waals surface area (Å²) in [4.78, 5) is 12.3. The maximum atomic E-state index is 12.3. The minimum atomic E-state index is -0.697. The predicted octanol–water partition coefficient (Wildman–Crippen LogP) is 4.84. The van der Waals surface area contributed by atoms with Gasteiger partial charge in [0.2, 0.25) is 0 Å². The van der Waals surface area contributed by atoms with Gasteiger partial charge in [-0.2, -0.15) is 5.10 Å². The highest BCUT2D eigenvalue weighted by atomic mass is 16.5. The second kappa shape index (κ2) is 10.6. The zero-order valence-corrected chi connectivity index (χ0v) is 16.8. The van der Waals surface area contributed by atoms with Crippen LogP contribution >= 0.6 is 0 Å². The Balaban J connectivity index is 1.55. The molecule has 0 aliphatic heterocycles. The standard InChI is InChI=1S/C25H24N2O3/c1-3-17-29-24-12-8-7-11-22(24)18-26-27-25(28)19(2)30-23-15-13-21(14-16-23)20-9-5-4-6-10-20/h3-16,18-19H,1,17H2,2H3,(H,27,28)/b26-18-/t19-/m0/s1. The third kappa shape index (κ3) is 5.82.